The Morgan fingerprint density at radius 3 is 2.81 bits per heavy atom. The molecular weight excluding hydrogens is 288 g/mol. The molecule has 0 aromatic carbocycles. The van der Waals surface area contributed by atoms with E-state index in [1.165, 1.54) is 6.42 Å². The quantitative estimate of drug-likeness (QED) is 0.786. The molecule has 0 saturated heterocycles. The van der Waals surface area contributed by atoms with Crippen molar-refractivity contribution in [3.8, 4) is 0 Å². The van der Waals surface area contributed by atoms with Crippen LogP contribution in [0.1, 0.15) is 51.9 Å². The summed E-state index contributed by atoms with van der Waals surface area (Å²) in [5, 5.41) is 11.6. The van der Waals surface area contributed by atoms with E-state index < -0.39 is 5.60 Å². The highest BCUT2D eigenvalue weighted by Crippen LogP contribution is 2.48. The van der Waals surface area contributed by atoms with Crippen LogP contribution in [0.15, 0.2) is 4.99 Å². The molecule has 0 aromatic rings. The van der Waals surface area contributed by atoms with E-state index in [1.54, 1.807) is 0 Å². The maximum absolute atomic E-state index is 11.5. The molecular formula is C16H27ClN2O2. The van der Waals surface area contributed by atoms with Crippen LogP contribution in [0.3, 0.4) is 0 Å². The number of hydrogen-bond acceptors (Lipinski definition) is 4. The van der Waals surface area contributed by atoms with E-state index in [1.807, 2.05) is 6.92 Å². The third-order valence-electron chi connectivity index (χ3n) is 5.68. The van der Waals surface area contributed by atoms with Crippen LogP contribution in [-0.2, 0) is 4.74 Å². The number of rotatable bonds is 3. The van der Waals surface area contributed by atoms with Gasteiger partial charge in [-0.2, -0.15) is 0 Å². The summed E-state index contributed by atoms with van der Waals surface area (Å²) in [6, 6.07) is 0.147. The molecule has 21 heavy (non-hydrogen) atoms. The van der Waals surface area contributed by atoms with Gasteiger partial charge in [0.2, 0.25) is 0 Å². The predicted octanol–water partition coefficient (Wildman–Crippen LogP) is 2.46. The normalized spacial score (nSPS) is 47.0. The highest BCUT2D eigenvalue weighted by atomic mass is 35.5. The highest BCUT2D eigenvalue weighted by Gasteiger charge is 2.57. The molecule has 4 nitrogen and oxygen atoms in total. The summed E-state index contributed by atoms with van der Waals surface area (Å²) in [5.74, 6) is 0.562. The van der Waals surface area contributed by atoms with Gasteiger partial charge in [-0.15, -0.1) is 11.6 Å². The lowest BCUT2D eigenvalue weighted by atomic mass is 9.65. The Morgan fingerprint density at radius 1 is 1.29 bits per heavy atom. The molecule has 0 spiro atoms. The lowest BCUT2D eigenvalue weighted by Crippen LogP contribution is -2.59. The van der Waals surface area contributed by atoms with Gasteiger partial charge in [0.25, 0.3) is 0 Å². The van der Waals surface area contributed by atoms with Gasteiger partial charge in [-0.1, -0.05) is 12.8 Å². The van der Waals surface area contributed by atoms with E-state index in [0.717, 1.165) is 38.5 Å². The minimum atomic E-state index is -1.02. The van der Waals surface area contributed by atoms with Crippen LogP contribution in [0, 0.1) is 11.8 Å². The van der Waals surface area contributed by atoms with E-state index in [4.69, 9.17) is 22.1 Å². The first-order valence-corrected chi connectivity index (χ1v) is 8.82. The lowest BCUT2D eigenvalue weighted by molar-refractivity contribution is -0.103. The van der Waals surface area contributed by atoms with Crippen molar-refractivity contribution >= 4 is 17.4 Å². The maximum atomic E-state index is 11.5. The zero-order valence-electron chi connectivity index (χ0n) is 12.8. The van der Waals surface area contributed by atoms with Crippen molar-refractivity contribution in [2.75, 3.05) is 6.61 Å². The van der Waals surface area contributed by atoms with Crippen LogP contribution in [0.4, 0.5) is 0 Å². The Kier molecular flexibility index (Phi) is 4.49. The third-order valence-corrected chi connectivity index (χ3v) is 6.08. The minimum absolute atomic E-state index is 0.0620. The van der Waals surface area contributed by atoms with Crippen LogP contribution in [-0.4, -0.2) is 40.7 Å². The Hall–Kier alpha value is -0.320. The molecule has 2 saturated carbocycles. The van der Waals surface area contributed by atoms with Crippen LogP contribution >= 0.6 is 11.6 Å². The van der Waals surface area contributed by atoms with Gasteiger partial charge < -0.3 is 15.6 Å². The molecule has 0 amide bonds. The number of halogens is 1. The van der Waals surface area contributed by atoms with Gasteiger partial charge in [0.1, 0.15) is 11.4 Å². The summed E-state index contributed by atoms with van der Waals surface area (Å²) in [7, 11) is 0. The monoisotopic (exact) mass is 314 g/mol. The first kappa shape index (κ1) is 15.6. The summed E-state index contributed by atoms with van der Waals surface area (Å²) in [6.45, 7) is 2.69. The number of nitrogens with two attached hydrogens (primary N) is 1. The second kappa shape index (κ2) is 6.05. The molecule has 0 bridgehead atoms. The van der Waals surface area contributed by atoms with Crippen LogP contribution < -0.4 is 5.73 Å². The van der Waals surface area contributed by atoms with Crippen molar-refractivity contribution in [3.63, 3.8) is 0 Å². The van der Waals surface area contributed by atoms with Crippen molar-refractivity contribution in [1.29, 1.82) is 0 Å². The second-order valence-corrected chi connectivity index (χ2v) is 7.43. The first-order valence-electron chi connectivity index (χ1n) is 8.39. The molecule has 5 heteroatoms. The molecule has 1 aliphatic heterocycles. The van der Waals surface area contributed by atoms with Gasteiger partial charge in [-0.25, -0.2) is 0 Å². The summed E-state index contributed by atoms with van der Waals surface area (Å²) in [4.78, 5) is 4.60. The Bertz CT molecular complexity index is 415. The number of aliphatic imine (C=N–C) groups is 1. The Morgan fingerprint density at radius 2 is 2.05 bits per heavy atom. The maximum Gasteiger partial charge on any atom is 0.131 e. The Balaban J connectivity index is 1.87. The van der Waals surface area contributed by atoms with Gasteiger partial charge in [-0.3, -0.25) is 4.99 Å². The first-order chi connectivity index (χ1) is 10.1. The van der Waals surface area contributed by atoms with Gasteiger partial charge in [0.15, 0.2) is 0 Å². The summed E-state index contributed by atoms with van der Waals surface area (Å²) in [6.07, 6.45) is 7.08. The smallest absolute Gasteiger partial charge is 0.131 e. The fourth-order valence-electron chi connectivity index (χ4n) is 4.68. The number of hydrogen-bond donors (Lipinski definition) is 2. The van der Waals surface area contributed by atoms with Gasteiger partial charge in [0.05, 0.1) is 12.1 Å². The average Bonchev–Trinajstić information content (AvgIpc) is 2.73. The summed E-state index contributed by atoms with van der Waals surface area (Å²) in [5.41, 5.74) is 5.19. The molecule has 6 unspecified atom stereocenters. The van der Waals surface area contributed by atoms with E-state index in [0.29, 0.717) is 12.4 Å². The number of aliphatic hydroxyl groups is 1. The highest BCUT2D eigenvalue weighted by molar-refractivity contribution is 6.20. The second-order valence-electron chi connectivity index (χ2n) is 6.81. The minimum Gasteiger partial charge on any atom is -0.385 e. The predicted molar refractivity (Wildman–Crippen MR) is 84.7 cm³/mol. The number of nitrogens with zero attached hydrogens (tertiary/aromatic N) is 1. The Labute approximate surface area is 132 Å². The molecule has 3 rings (SSSR count). The standard InChI is InChI=1S/C16H27ClN2O2/c1-2-21-14-6-4-3-5-11(14)16(20)12-9-10(17)7-8-13(12)19-15(16)18/h10-14,20H,2-9H2,1H3,(H2,18,19). The molecule has 2 fully saturated rings. The molecule has 0 radical (unpaired) electrons. The summed E-state index contributed by atoms with van der Waals surface area (Å²) < 4.78 is 5.92. The molecule has 6 atom stereocenters. The third kappa shape index (κ3) is 2.60. The molecule has 0 aromatic heterocycles. The van der Waals surface area contributed by atoms with Gasteiger partial charge >= 0.3 is 0 Å². The number of amidine groups is 1. The van der Waals surface area contributed by atoms with Crippen molar-refractivity contribution in [3.05, 3.63) is 0 Å². The molecule has 3 N–H and O–H groups in total. The lowest BCUT2D eigenvalue weighted by Gasteiger charge is -2.46. The number of fused-ring (bicyclic) bond motifs is 1. The van der Waals surface area contributed by atoms with Gasteiger partial charge in [-0.05, 0) is 39.0 Å². The topological polar surface area (TPSA) is 67.8 Å². The van der Waals surface area contributed by atoms with E-state index in [2.05, 4.69) is 4.99 Å². The van der Waals surface area contributed by atoms with E-state index in [-0.39, 0.29) is 29.4 Å². The van der Waals surface area contributed by atoms with Crippen molar-refractivity contribution in [2.45, 2.75) is 75.0 Å². The molecule has 3 aliphatic rings. The van der Waals surface area contributed by atoms with Crippen LogP contribution in [0.5, 0.6) is 0 Å². The fourth-order valence-corrected chi connectivity index (χ4v) is 5.00. The van der Waals surface area contributed by atoms with Crippen molar-refractivity contribution < 1.29 is 9.84 Å². The van der Waals surface area contributed by atoms with Crippen molar-refractivity contribution in [1.82, 2.24) is 0 Å². The summed E-state index contributed by atoms with van der Waals surface area (Å²) >= 11 is 6.36. The molecule has 2 aliphatic carbocycles. The average molecular weight is 315 g/mol. The number of alkyl halides is 1. The van der Waals surface area contributed by atoms with Crippen molar-refractivity contribution in [2.24, 2.45) is 22.6 Å². The van der Waals surface area contributed by atoms with E-state index in [9.17, 15) is 5.11 Å². The van der Waals surface area contributed by atoms with Crippen LogP contribution in [0.2, 0.25) is 0 Å². The van der Waals surface area contributed by atoms with E-state index >= 15 is 0 Å². The molecule has 120 valence electrons. The van der Waals surface area contributed by atoms with Gasteiger partial charge in [0, 0.05) is 23.8 Å². The molecule has 1 heterocycles. The largest absolute Gasteiger partial charge is 0.385 e. The zero-order valence-corrected chi connectivity index (χ0v) is 13.6. The SMILES string of the molecule is CCOC1CCCCC1C1(O)C(N)=NC2CCC(Cl)CC21. The number of ether oxygens (including phenoxy) is 1. The fraction of sp³-hybridized carbons (Fsp3) is 0.938. The zero-order chi connectivity index (χ0) is 15.0. The van der Waals surface area contributed by atoms with Crippen LogP contribution in [0.25, 0.3) is 0 Å².